The van der Waals surface area contributed by atoms with Crippen LogP contribution in [0.25, 0.3) is 0 Å². The number of carboxylic acid groups (broad SMARTS) is 1. The van der Waals surface area contributed by atoms with E-state index >= 15 is 0 Å². The number of carboxylic acids is 1. The first kappa shape index (κ1) is 25.7. The summed E-state index contributed by atoms with van der Waals surface area (Å²) in [5, 5.41) is 16.3. The van der Waals surface area contributed by atoms with Crippen molar-refractivity contribution in [3.8, 4) is 0 Å². The molecular formula is C30H40N4O3. The standard InChI is InChI=1S/C30H40N4O3/c35-29(32-19-27(30(36)37)24-12-11-21-6-1-2-7-23(21)18-24)25-9-4-16-34(20-25)17-5-10-26-14-13-22-8-3-15-31-28(22)33-26/h11-14,18,25,27H,1-10,15-17,19-20H2,(H,31,33)(H,32,35)(H,36,37)/t25-,27+/m1/s1. The first-order chi connectivity index (χ1) is 18.1. The van der Waals surface area contributed by atoms with E-state index in [9.17, 15) is 14.7 Å². The lowest BCUT2D eigenvalue weighted by molar-refractivity contribution is -0.138. The molecule has 1 aromatic carbocycles. The number of piperidine rings is 1. The molecule has 5 rings (SSSR count). The summed E-state index contributed by atoms with van der Waals surface area (Å²) in [5.41, 5.74) is 5.85. The molecule has 3 N–H and O–H groups in total. The van der Waals surface area contributed by atoms with Crippen LogP contribution in [-0.4, -0.2) is 59.6 Å². The minimum atomic E-state index is -0.882. The molecule has 198 valence electrons. The first-order valence-corrected chi connectivity index (χ1v) is 14.1. The number of carbonyl (C=O) groups excluding carboxylic acids is 1. The Morgan fingerprint density at radius 3 is 2.73 bits per heavy atom. The highest BCUT2D eigenvalue weighted by Crippen LogP contribution is 2.26. The third-order valence-corrected chi connectivity index (χ3v) is 8.29. The number of likely N-dealkylation sites (tertiary alicyclic amines) is 1. The molecule has 3 aliphatic rings. The monoisotopic (exact) mass is 504 g/mol. The van der Waals surface area contributed by atoms with Crippen LogP contribution in [0.15, 0.2) is 30.3 Å². The van der Waals surface area contributed by atoms with Gasteiger partial charge in [-0.25, -0.2) is 4.98 Å². The van der Waals surface area contributed by atoms with Gasteiger partial charge in [-0.05, 0) is 106 Å². The summed E-state index contributed by atoms with van der Waals surface area (Å²) in [6, 6.07) is 10.4. The molecular weight excluding hydrogens is 464 g/mol. The van der Waals surface area contributed by atoms with E-state index in [2.05, 4.69) is 39.8 Å². The zero-order chi connectivity index (χ0) is 25.6. The van der Waals surface area contributed by atoms with Crippen LogP contribution < -0.4 is 10.6 Å². The lowest BCUT2D eigenvalue weighted by Crippen LogP contribution is -2.44. The minimum absolute atomic E-state index is 0.0173. The van der Waals surface area contributed by atoms with Gasteiger partial charge in [-0.1, -0.05) is 24.3 Å². The van der Waals surface area contributed by atoms with Crippen molar-refractivity contribution in [2.75, 3.05) is 38.0 Å². The van der Waals surface area contributed by atoms with Crippen LogP contribution in [0.2, 0.25) is 0 Å². The topological polar surface area (TPSA) is 94.6 Å². The van der Waals surface area contributed by atoms with E-state index in [-0.39, 0.29) is 18.4 Å². The van der Waals surface area contributed by atoms with Crippen LogP contribution in [0, 0.1) is 5.92 Å². The Morgan fingerprint density at radius 2 is 1.86 bits per heavy atom. The van der Waals surface area contributed by atoms with E-state index < -0.39 is 11.9 Å². The zero-order valence-electron chi connectivity index (χ0n) is 21.8. The van der Waals surface area contributed by atoms with Crippen LogP contribution in [0.5, 0.6) is 0 Å². The van der Waals surface area contributed by atoms with E-state index in [0.29, 0.717) is 0 Å². The highest BCUT2D eigenvalue weighted by molar-refractivity contribution is 5.81. The van der Waals surface area contributed by atoms with Crippen LogP contribution in [-0.2, 0) is 35.3 Å². The summed E-state index contributed by atoms with van der Waals surface area (Å²) >= 11 is 0. The first-order valence-electron chi connectivity index (χ1n) is 14.1. The van der Waals surface area contributed by atoms with Crippen molar-refractivity contribution in [1.82, 2.24) is 15.2 Å². The van der Waals surface area contributed by atoms with Crippen LogP contribution in [0.3, 0.4) is 0 Å². The number of rotatable bonds is 9. The lowest BCUT2D eigenvalue weighted by Gasteiger charge is -2.32. The average molecular weight is 505 g/mol. The van der Waals surface area contributed by atoms with Crippen molar-refractivity contribution in [3.63, 3.8) is 0 Å². The van der Waals surface area contributed by atoms with Crippen molar-refractivity contribution >= 4 is 17.7 Å². The molecule has 1 aromatic heterocycles. The summed E-state index contributed by atoms with van der Waals surface area (Å²) in [6.07, 6.45) is 10.5. The number of hydrogen-bond donors (Lipinski definition) is 3. The number of carbonyl (C=O) groups is 2. The van der Waals surface area contributed by atoms with Gasteiger partial charge < -0.3 is 20.6 Å². The summed E-state index contributed by atoms with van der Waals surface area (Å²) in [6.45, 7) is 3.84. The highest BCUT2D eigenvalue weighted by Gasteiger charge is 2.28. The van der Waals surface area contributed by atoms with Crippen LogP contribution in [0.4, 0.5) is 5.82 Å². The fraction of sp³-hybridized carbons (Fsp3) is 0.567. The number of fused-ring (bicyclic) bond motifs is 2. The molecule has 1 aliphatic carbocycles. The highest BCUT2D eigenvalue weighted by atomic mass is 16.4. The number of nitrogens with zero attached hydrogens (tertiary/aromatic N) is 2. The number of amides is 1. The molecule has 2 atom stereocenters. The minimum Gasteiger partial charge on any atom is -0.481 e. The van der Waals surface area contributed by atoms with Gasteiger partial charge in [0.25, 0.3) is 0 Å². The van der Waals surface area contributed by atoms with Crippen molar-refractivity contribution in [2.45, 2.75) is 70.1 Å². The van der Waals surface area contributed by atoms with Gasteiger partial charge in [-0.15, -0.1) is 0 Å². The molecule has 0 unspecified atom stereocenters. The fourth-order valence-corrected chi connectivity index (χ4v) is 6.13. The molecule has 3 heterocycles. The molecule has 0 saturated carbocycles. The second-order valence-corrected chi connectivity index (χ2v) is 11.0. The smallest absolute Gasteiger partial charge is 0.312 e. The third kappa shape index (κ3) is 6.50. The molecule has 0 spiro atoms. The number of aromatic nitrogens is 1. The zero-order valence-corrected chi connectivity index (χ0v) is 21.8. The number of aryl methyl sites for hydroxylation is 4. The van der Waals surface area contributed by atoms with E-state index in [1.165, 1.54) is 29.5 Å². The number of hydrogen-bond acceptors (Lipinski definition) is 5. The van der Waals surface area contributed by atoms with Crippen LogP contribution >= 0.6 is 0 Å². The van der Waals surface area contributed by atoms with Gasteiger partial charge in [0, 0.05) is 25.3 Å². The maximum atomic E-state index is 13.0. The van der Waals surface area contributed by atoms with Crippen molar-refractivity contribution < 1.29 is 14.7 Å². The van der Waals surface area contributed by atoms with Crippen molar-refractivity contribution in [3.05, 3.63) is 58.3 Å². The molecule has 7 nitrogen and oxygen atoms in total. The number of nitrogens with one attached hydrogen (secondary N) is 2. The second kappa shape index (κ2) is 12.1. The number of aliphatic carboxylic acids is 1. The quantitative estimate of drug-likeness (QED) is 0.479. The molecule has 1 amide bonds. The fourth-order valence-electron chi connectivity index (χ4n) is 6.13. The predicted octanol–water partition coefficient (Wildman–Crippen LogP) is 3.95. The molecule has 1 fully saturated rings. The van der Waals surface area contributed by atoms with E-state index in [1.54, 1.807) is 0 Å². The largest absolute Gasteiger partial charge is 0.481 e. The van der Waals surface area contributed by atoms with Crippen molar-refractivity contribution in [1.29, 1.82) is 0 Å². The predicted molar refractivity (Wildman–Crippen MR) is 145 cm³/mol. The van der Waals surface area contributed by atoms with Gasteiger partial charge in [0.2, 0.25) is 5.91 Å². The molecule has 1 saturated heterocycles. The third-order valence-electron chi connectivity index (χ3n) is 8.29. The molecule has 0 radical (unpaired) electrons. The Kier molecular flexibility index (Phi) is 8.39. The molecule has 0 bridgehead atoms. The lowest BCUT2D eigenvalue weighted by atomic mass is 9.87. The Balaban J connectivity index is 1.10. The summed E-state index contributed by atoms with van der Waals surface area (Å²) in [7, 11) is 0. The Hall–Kier alpha value is -2.93. The molecule has 37 heavy (non-hydrogen) atoms. The van der Waals surface area contributed by atoms with Crippen molar-refractivity contribution in [2.24, 2.45) is 5.92 Å². The van der Waals surface area contributed by atoms with Gasteiger partial charge >= 0.3 is 5.97 Å². The van der Waals surface area contributed by atoms with Gasteiger partial charge in [0.05, 0.1) is 11.8 Å². The number of benzene rings is 1. The molecule has 2 aromatic rings. The Bertz CT molecular complexity index is 1120. The number of anilines is 1. The summed E-state index contributed by atoms with van der Waals surface area (Å²) in [4.78, 5) is 32.3. The molecule has 7 heteroatoms. The second-order valence-electron chi connectivity index (χ2n) is 11.0. The van der Waals surface area contributed by atoms with E-state index in [1.807, 2.05) is 6.07 Å². The van der Waals surface area contributed by atoms with Crippen LogP contribution in [0.1, 0.15) is 72.4 Å². The molecule has 2 aliphatic heterocycles. The summed E-state index contributed by atoms with van der Waals surface area (Å²) in [5.74, 6) is -0.649. The van der Waals surface area contributed by atoms with Gasteiger partial charge in [0.1, 0.15) is 5.82 Å². The SMILES string of the molecule is O=C(NC[C@H](C(=O)O)c1ccc2c(c1)CCCC2)[C@@H]1CCCN(CCCc2ccc3c(n2)NCCC3)C1. The van der Waals surface area contributed by atoms with Gasteiger partial charge in [0.15, 0.2) is 0 Å². The van der Waals surface area contributed by atoms with Gasteiger partial charge in [-0.2, -0.15) is 0 Å². The Morgan fingerprint density at radius 1 is 1.05 bits per heavy atom. The maximum absolute atomic E-state index is 13.0. The maximum Gasteiger partial charge on any atom is 0.312 e. The van der Waals surface area contributed by atoms with E-state index in [4.69, 9.17) is 4.98 Å². The summed E-state index contributed by atoms with van der Waals surface area (Å²) < 4.78 is 0. The van der Waals surface area contributed by atoms with Gasteiger partial charge in [-0.3, -0.25) is 9.59 Å². The van der Waals surface area contributed by atoms with E-state index in [0.717, 1.165) is 94.6 Å². The number of pyridine rings is 1. The Labute approximate surface area is 220 Å². The average Bonchev–Trinajstić information content (AvgIpc) is 2.93. The normalized spacial score (nSPS) is 20.3.